The van der Waals surface area contributed by atoms with E-state index in [1.807, 2.05) is 0 Å². The maximum atomic E-state index is 11.9. The van der Waals surface area contributed by atoms with Crippen LogP contribution in [0, 0.1) is 0 Å². The lowest BCUT2D eigenvalue weighted by molar-refractivity contribution is -0.121. The summed E-state index contributed by atoms with van der Waals surface area (Å²) in [5, 5.41) is 6.50. The normalized spacial score (nSPS) is 18.5. The molecule has 0 aliphatic heterocycles. The van der Waals surface area contributed by atoms with Crippen molar-refractivity contribution >= 4 is 5.91 Å². The molecule has 1 amide bonds. The van der Waals surface area contributed by atoms with E-state index in [-0.39, 0.29) is 11.4 Å². The molecule has 0 aromatic carbocycles. The summed E-state index contributed by atoms with van der Waals surface area (Å²) in [5.41, 5.74) is 0.185. The number of nitrogens with zero attached hydrogens (tertiary/aromatic N) is 1. The van der Waals surface area contributed by atoms with Crippen LogP contribution in [0.1, 0.15) is 58.8 Å². The van der Waals surface area contributed by atoms with Crippen molar-refractivity contribution in [3.8, 4) is 0 Å². The van der Waals surface area contributed by atoms with Gasteiger partial charge in [-0.25, -0.2) is 0 Å². The Morgan fingerprint density at radius 3 is 2.40 bits per heavy atom. The molecule has 1 aliphatic carbocycles. The van der Waals surface area contributed by atoms with E-state index < -0.39 is 0 Å². The fourth-order valence-electron chi connectivity index (χ4n) is 2.98. The number of nitrogens with one attached hydrogen (secondary N) is 2. The number of hydrogen-bond donors (Lipinski definition) is 2. The van der Waals surface area contributed by atoms with E-state index in [0.29, 0.717) is 12.5 Å². The minimum atomic E-state index is 0.185. The average molecular weight is 283 g/mol. The molecular weight excluding hydrogens is 250 g/mol. The molecule has 1 rings (SSSR count). The molecule has 0 aromatic rings. The van der Waals surface area contributed by atoms with Gasteiger partial charge >= 0.3 is 0 Å². The van der Waals surface area contributed by atoms with Crippen LogP contribution < -0.4 is 10.6 Å². The van der Waals surface area contributed by atoms with Crippen molar-refractivity contribution in [2.45, 2.75) is 70.4 Å². The van der Waals surface area contributed by atoms with Crippen LogP contribution in [0.3, 0.4) is 0 Å². The zero-order valence-corrected chi connectivity index (χ0v) is 13.8. The van der Waals surface area contributed by atoms with Crippen molar-refractivity contribution in [1.82, 2.24) is 15.5 Å². The molecule has 0 heterocycles. The van der Waals surface area contributed by atoms with E-state index >= 15 is 0 Å². The summed E-state index contributed by atoms with van der Waals surface area (Å²) in [5.74, 6) is 0.197. The number of hydrogen-bond acceptors (Lipinski definition) is 3. The molecular formula is C16H33N3O. The average Bonchev–Trinajstić information content (AvgIpc) is 2.42. The minimum absolute atomic E-state index is 0.185. The number of carbonyl (C=O) groups is 1. The second kappa shape index (κ2) is 8.63. The Kier molecular flexibility index (Phi) is 7.52. The van der Waals surface area contributed by atoms with Gasteiger partial charge in [0.25, 0.3) is 0 Å². The highest BCUT2D eigenvalue weighted by molar-refractivity contribution is 5.75. The van der Waals surface area contributed by atoms with E-state index in [4.69, 9.17) is 0 Å². The summed E-state index contributed by atoms with van der Waals surface area (Å²) in [4.78, 5) is 14.3. The van der Waals surface area contributed by atoms with Crippen LogP contribution >= 0.6 is 0 Å². The number of amides is 1. The standard InChI is InChI=1S/C16H33N3O/c1-14(2)17-12-8-9-15(20)18-13-16(19(3)4)10-6-5-7-11-16/h14,17H,5-13H2,1-4H3,(H,18,20). The summed E-state index contributed by atoms with van der Waals surface area (Å²) < 4.78 is 0. The van der Waals surface area contributed by atoms with Gasteiger partial charge in [0.1, 0.15) is 0 Å². The topological polar surface area (TPSA) is 44.4 Å². The smallest absolute Gasteiger partial charge is 0.220 e. The first-order chi connectivity index (χ1) is 9.46. The molecule has 0 atom stereocenters. The first-order valence-electron chi connectivity index (χ1n) is 8.14. The van der Waals surface area contributed by atoms with E-state index in [1.54, 1.807) is 0 Å². The molecule has 0 spiro atoms. The Balaban J connectivity index is 2.27. The maximum Gasteiger partial charge on any atom is 0.220 e. The van der Waals surface area contributed by atoms with E-state index in [9.17, 15) is 4.79 Å². The molecule has 20 heavy (non-hydrogen) atoms. The van der Waals surface area contributed by atoms with Crippen LogP contribution in [0.15, 0.2) is 0 Å². The summed E-state index contributed by atoms with van der Waals surface area (Å²) in [6.07, 6.45) is 7.86. The maximum absolute atomic E-state index is 11.9. The Hall–Kier alpha value is -0.610. The minimum Gasteiger partial charge on any atom is -0.354 e. The predicted molar refractivity (Wildman–Crippen MR) is 84.9 cm³/mol. The Bertz CT molecular complexity index is 283. The van der Waals surface area contributed by atoms with Gasteiger partial charge in [0.2, 0.25) is 5.91 Å². The Morgan fingerprint density at radius 1 is 1.20 bits per heavy atom. The lowest BCUT2D eigenvalue weighted by Gasteiger charge is -2.43. The molecule has 0 radical (unpaired) electrons. The van der Waals surface area contributed by atoms with Gasteiger partial charge in [-0.2, -0.15) is 0 Å². The quantitative estimate of drug-likeness (QED) is 0.671. The van der Waals surface area contributed by atoms with E-state index in [0.717, 1.165) is 19.5 Å². The van der Waals surface area contributed by atoms with E-state index in [2.05, 4.69) is 43.5 Å². The van der Waals surface area contributed by atoms with Gasteiger partial charge in [0.05, 0.1) is 0 Å². The van der Waals surface area contributed by atoms with Crippen LogP contribution in [0.5, 0.6) is 0 Å². The zero-order valence-electron chi connectivity index (χ0n) is 13.8. The molecule has 4 heteroatoms. The molecule has 4 nitrogen and oxygen atoms in total. The van der Waals surface area contributed by atoms with Crippen molar-refractivity contribution in [2.24, 2.45) is 0 Å². The van der Waals surface area contributed by atoms with Crippen molar-refractivity contribution in [3.63, 3.8) is 0 Å². The van der Waals surface area contributed by atoms with Crippen LogP contribution in [0.25, 0.3) is 0 Å². The third-order valence-corrected chi connectivity index (χ3v) is 4.48. The third kappa shape index (κ3) is 5.80. The number of rotatable bonds is 8. The molecule has 1 fully saturated rings. The SMILES string of the molecule is CC(C)NCCCC(=O)NCC1(N(C)C)CCCCC1. The second-order valence-electron chi connectivity index (χ2n) is 6.67. The fourth-order valence-corrected chi connectivity index (χ4v) is 2.98. The molecule has 0 bridgehead atoms. The van der Waals surface area contributed by atoms with Gasteiger partial charge in [0.15, 0.2) is 0 Å². The molecule has 1 aliphatic rings. The number of likely N-dealkylation sites (N-methyl/N-ethyl adjacent to an activating group) is 1. The summed E-state index contributed by atoms with van der Waals surface area (Å²) in [7, 11) is 4.29. The highest BCUT2D eigenvalue weighted by Gasteiger charge is 2.34. The van der Waals surface area contributed by atoms with Crippen molar-refractivity contribution in [2.75, 3.05) is 27.2 Å². The van der Waals surface area contributed by atoms with Crippen LogP contribution in [0.2, 0.25) is 0 Å². The van der Waals surface area contributed by atoms with Gasteiger partial charge in [-0.05, 0) is 39.9 Å². The van der Waals surface area contributed by atoms with Crippen molar-refractivity contribution < 1.29 is 4.79 Å². The Labute approximate surface area is 124 Å². The first kappa shape index (κ1) is 17.4. The largest absolute Gasteiger partial charge is 0.354 e. The summed E-state index contributed by atoms with van der Waals surface area (Å²) in [6.45, 7) is 5.98. The third-order valence-electron chi connectivity index (χ3n) is 4.48. The highest BCUT2D eigenvalue weighted by atomic mass is 16.1. The van der Waals surface area contributed by atoms with Gasteiger partial charge < -0.3 is 15.5 Å². The summed E-state index contributed by atoms with van der Waals surface area (Å²) >= 11 is 0. The summed E-state index contributed by atoms with van der Waals surface area (Å²) in [6, 6.07) is 0.498. The highest BCUT2D eigenvalue weighted by Crippen LogP contribution is 2.31. The zero-order chi connectivity index (χ0) is 15.0. The monoisotopic (exact) mass is 283 g/mol. The van der Waals surface area contributed by atoms with Gasteiger partial charge in [-0.1, -0.05) is 33.1 Å². The van der Waals surface area contributed by atoms with Crippen molar-refractivity contribution in [1.29, 1.82) is 0 Å². The molecule has 2 N–H and O–H groups in total. The lowest BCUT2D eigenvalue weighted by atomic mass is 9.80. The van der Waals surface area contributed by atoms with E-state index in [1.165, 1.54) is 32.1 Å². The molecule has 1 saturated carbocycles. The second-order valence-corrected chi connectivity index (χ2v) is 6.67. The van der Waals surface area contributed by atoms with Crippen molar-refractivity contribution in [3.05, 3.63) is 0 Å². The predicted octanol–water partition coefficient (Wildman–Crippen LogP) is 2.15. The van der Waals surface area contributed by atoms with Crippen LogP contribution in [-0.4, -0.2) is 49.6 Å². The van der Waals surface area contributed by atoms with Crippen LogP contribution in [-0.2, 0) is 4.79 Å². The lowest BCUT2D eigenvalue weighted by Crippen LogP contribution is -2.53. The Morgan fingerprint density at radius 2 is 1.85 bits per heavy atom. The molecule has 0 aromatic heterocycles. The number of carbonyl (C=O) groups excluding carboxylic acids is 1. The first-order valence-corrected chi connectivity index (χ1v) is 8.14. The molecule has 0 unspecified atom stereocenters. The van der Waals surface area contributed by atoms with Gasteiger partial charge in [-0.15, -0.1) is 0 Å². The fraction of sp³-hybridized carbons (Fsp3) is 0.938. The van der Waals surface area contributed by atoms with Gasteiger partial charge in [0, 0.05) is 24.5 Å². The van der Waals surface area contributed by atoms with Gasteiger partial charge in [-0.3, -0.25) is 4.79 Å². The molecule has 0 saturated heterocycles. The molecule has 118 valence electrons. The van der Waals surface area contributed by atoms with Crippen LogP contribution in [0.4, 0.5) is 0 Å².